The molecule has 0 unspecified atom stereocenters. The molecule has 10 heavy (non-hydrogen) atoms. The minimum atomic E-state index is 0.111. The summed E-state index contributed by atoms with van der Waals surface area (Å²) in [6.07, 6.45) is 5.24. The van der Waals surface area contributed by atoms with E-state index < -0.39 is 0 Å². The molecule has 0 saturated heterocycles. The molecular weight excluding hydrogens is 126 g/mol. The van der Waals surface area contributed by atoms with Gasteiger partial charge in [-0.25, -0.2) is 0 Å². The van der Waals surface area contributed by atoms with Crippen molar-refractivity contribution in [3.05, 3.63) is 12.2 Å². The first kappa shape index (κ1) is 9.21. The first-order valence-corrected chi connectivity index (χ1v) is 3.69. The van der Waals surface area contributed by atoms with Crippen LogP contribution in [-0.2, 0) is 4.79 Å². The fraction of sp³-hybridized carbons (Fsp3) is 0.625. The minimum Gasteiger partial charge on any atom is -0.356 e. The Morgan fingerprint density at radius 3 is 2.80 bits per heavy atom. The lowest BCUT2D eigenvalue weighted by Crippen LogP contribution is -2.22. The van der Waals surface area contributed by atoms with E-state index in [-0.39, 0.29) is 5.91 Å². The molecule has 2 nitrogen and oxygen atoms in total. The predicted molar refractivity (Wildman–Crippen MR) is 42.7 cm³/mol. The van der Waals surface area contributed by atoms with Crippen LogP contribution in [-0.4, -0.2) is 12.5 Å². The summed E-state index contributed by atoms with van der Waals surface area (Å²) in [5.41, 5.74) is 0. The van der Waals surface area contributed by atoms with Gasteiger partial charge in [-0.15, -0.1) is 0 Å². The normalized spacial score (nSPS) is 10.2. The SMILES string of the molecule is C/C=C/CC(=O)NCCC. The van der Waals surface area contributed by atoms with Crippen molar-refractivity contribution in [2.75, 3.05) is 6.54 Å². The molecule has 58 valence electrons. The summed E-state index contributed by atoms with van der Waals surface area (Å²) in [4.78, 5) is 10.8. The Bertz CT molecular complexity index is 118. The van der Waals surface area contributed by atoms with Crippen LogP contribution < -0.4 is 5.32 Å². The van der Waals surface area contributed by atoms with Crippen LogP contribution in [0.5, 0.6) is 0 Å². The number of nitrogens with one attached hydrogen (secondary N) is 1. The summed E-state index contributed by atoms with van der Waals surface area (Å²) >= 11 is 0. The van der Waals surface area contributed by atoms with Gasteiger partial charge in [-0.2, -0.15) is 0 Å². The van der Waals surface area contributed by atoms with Gasteiger partial charge in [0, 0.05) is 13.0 Å². The van der Waals surface area contributed by atoms with E-state index in [9.17, 15) is 4.79 Å². The zero-order valence-electron chi connectivity index (χ0n) is 6.68. The predicted octanol–water partition coefficient (Wildman–Crippen LogP) is 1.48. The van der Waals surface area contributed by atoms with Crippen molar-refractivity contribution >= 4 is 5.91 Å². The highest BCUT2D eigenvalue weighted by molar-refractivity contribution is 5.77. The van der Waals surface area contributed by atoms with E-state index in [0.717, 1.165) is 13.0 Å². The molecule has 0 spiro atoms. The van der Waals surface area contributed by atoms with Crippen molar-refractivity contribution in [1.82, 2.24) is 5.32 Å². The van der Waals surface area contributed by atoms with E-state index in [1.807, 2.05) is 26.0 Å². The van der Waals surface area contributed by atoms with Gasteiger partial charge in [0.2, 0.25) is 5.91 Å². The van der Waals surface area contributed by atoms with Crippen molar-refractivity contribution in [3.63, 3.8) is 0 Å². The first-order chi connectivity index (χ1) is 4.81. The molecule has 0 fully saturated rings. The van der Waals surface area contributed by atoms with E-state index in [1.165, 1.54) is 0 Å². The van der Waals surface area contributed by atoms with Gasteiger partial charge >= 0.3 is 0 Å². The van der Waals surface area contributed by atoms with Gasteiger partial charge < -0.3 is 5.32 Å². The molecule has 2 heteroatoms. The molecule has 0 rings (SSSR count). The van der Waals surface area contributed by atoms with E-state index in [4.69, 9.17) is 0 Å². The second kappa shape index (κ2) is 6.33. The lowest BCUT2D eigenvalue weighted by molar-refractivity contribution is -0.120. The van der Waals surface area contributed by atoms with Gasteiger partial charge in [0.1, 0.15) is 0 Å². The maximum Gasteiger partial charge on any atom is 0.223 e. The molecule has 0 aliphatic carbocycles. The third-order valence-corrected chi connectivity index (χ3v) is 1.11. The maximum atomic E-state index is 10.8. The molecule has 0 aromatic rings. The van der Waals surface area contributed by atoms with Gasteiger partial charge in [-0.1, -0.05) is 19.1 Å². The van der Waals surface area contributed by atoms with Crippen molar-refractivity contribution in [1.29, 1.82) is 0 Å². The fourth-order valence-electron chi connectivity index (χ4n) is 0.561. The number of rotatable bonds is 4. The minimum absolute atomic E-state index is 0.111. The highest BCUT2D eigenvalue weighted by atomic mass is 16.1. The van der Waals surface area contributed by atoms with Crippen LogP contribution in [0.2, 0.25) is 0 Å². The molecule has 0 bridgehead atoms. The van der Waals surface area contributed by atoms with Crippen LogP contribution in [0.25, 0.3) is 0 Å². The van der Waals surface area contributed by atoms with Crippen LogP contribution in [0, 0.1) is 0 Å². The zero-order valence-corrected chi connectivity index (χ0v) is 6.68. The van der Waals surface area contributed by atoms with Crippen molar-refractivity contribution < 1.29 is 4.79 Å². The number of amides is 1. The molecule has 0 aliphatic rings. The first-order valence-electron chi connectivity index (χ1n) is 3.69. The molecule has 0 atom stereocenters. The lowest BCUT2D eigenvalue weighted by atomic mass is 10.3. The Hall–Kier alpha value is -0.790. The Balaban J connectivity index is 3.25. The number of carbonyl (C=O) groups is 1. The maximum absolute atomic E-state index is 10.8. The molecule has 0 aromatic carbocycles. The van der Waals surface area contributed by atoms with Gasteiger partial charge in [0.25, 0.3) is 0 Å². The Labute approximate surface area is 62.3 Å². The average Bonchev–Trinajstić information content (AvgIpc) is 1.97. The molecule has 0 aromatic heterocycles. The second-order valence-electron chi connectivity index (χ2n) is 2.12. The number of hydrogen-bond acceptors (Lipinski definition) is 1. The molecule has 0 saturated carbocycles. The van der Waals surface area contributed by atoms with Crippen LogP contribution in [0.1, 0.15) is 26.7 Å². The molecular formula is C8H15NO. The molecule has 0 radical (unpaired) electrons. The van der Waals surface area contributed by atoms with Crippen molar-refractivity contribution in [2.24, 2.45) is 0 Å². The summed E-state index contributed by atoms with van der Waals surface area (Å²) in [6, 6.07) is 0. The average molecular weight is 141 g/mol. The van der Waals surface area contributed by atoms with E-state index in [1.54, 1.807) is 0 Å². The molecule has 0 heterocycles. The highest BCUT2D eigenvalue weighted by Crippen LogP contribution is 1.82. The standard InChI is InChI=1S/C8H15NO/c1-3-5-6-8(10)9-7-4-2/h3,5H,4,6-7H2,1-2H3,(H,9,10)/b5-3+. The van der Waals surface area contributed by atoms with Gasteiger partial charge in [0.05, 0.1) is 0 Å². The monoisotopic (exact) mass is 141 g/mol. The van der Waals surface area contributed by atoms with Gasteiger partial charge in [-0.3, -0.25) is 4.79 Å². The molecule has 1 N–H and O–H groups in total. The zero-order chi connectivity index (χ0) is 7.82. The Morgan fingerprint density at radius 2 is 2.30 bits per heavy atom. The van der Waals surface area contributed by atoms with E-state index in [0.29, 0.717) is 6.42 Å². The summed E-state index contributed by atoms with van der Waals surface area (Å²) in [5, 5.41) is 2.78. The van der Waals surface area contributed by atoms with Crippen molar-refractivity contribution in [2.45, 2.75) is 26.7 Å². The molecule has 0 aliphatic heterocycles. The van der Waals surface area contributed by atoms with Crippen LogP contribution in [0.4, 0.5) is 0 Å². The van der Waals surface area contributed by atoms with Gasteiger partial charge in [-0.05, 0) is 13.3 Å². The topological polar surface area (TPSA) is 29.1 Å². The number of carbonyl (C=O) groups excluding carboxylic acids is 1. The number of hydrogen-bond donors (Lipinski definition) is 1. The van der Waals surface area contributed by atoms with Crippen molar-refractivity contribution in [3.8, 4) is 0 Å². The second-order valence-corrected chi connectivity index (χ2v) is 2.12. The fourth-order valence-corrected chi connectivity index (χ4v) is 0.561. The smallest absolute Gasteiger partial charge is 0.223 e. The lowest BCUT2D eigenvalue weighted by Gasteiger charge is -1.98. The third kappa shape index (κ3) is 5.35. The summed E-state index contributed by atoms with van der Waals surface area (Å²) in [7, 11) is 0. The van der Waals surface area contributed by atoms with Gasteiger partial charge in [0.15, 0.2) is 0 Å². The summed E-state index contributed by atoms with van der Waals surface area (Å²) in [5.74, 6) is 0.111. The summed E-state index contributed by atoms with van der Waals surface area (Å²) < 4.78 is 0. The van der Waals surface area contributed by atoms with E-state index >= 15 is 0 Å². The van der Waals surface area contributed by atoms with Crippen LogP contribution in [0.15, 0.2) is 12.2 Å². The quantitative estimate of drug-likeness (QED) is 0.590. The highest BCUT2D eigenvalue weighted by Gasteiger charge is 1.93. The number of allylic oxidation sites excluding steroid dienone is 1. The van der Waals surface area contributed by atoms with Crippen LogP contribution >= 0.6 is 0 Å². The Morgan fingerprint density at radius 1 is 1.60 bits per heavy atom. The molecule has 1 amide bonds. The third-order valence-electron chi connectivity index (χ3n) is 1.11. The van der Waals surface area contributed by atoms with Crippen LogP contribution in [0.3, 0.4) is 0 Å². The summed E-state index contributed by atoms with van der Waals surface area (Å²) in [6.45, 7) is 4.74. The Kier molecular flexibility index (Phi) is 5.83. The largest absolute Gasteiger partial charge is 0.356 e. The van der Waals surface area contributed by atoms with E-state index in [2.05, 4.69) is 5.32 Å².